The SMILES string of the molecule is COC(=O)c1ccc(Oc2coc3c(C[NH+]4CCC(C)CC4)c(O)ccc3c2=O)cc1. The van der Waals surface area contributed by atoms with E-state index in [0.29, 0.717) is 34.4 Å². The lowest BCUT2D eigenvalue weighted by molar-refractivity contribution is -0.919. The molecule has 1 aromatic heterocycles. The lowest BCUT2D eigenvalue weighted by Crippen LogP contribution is -3.11. The molecule has 2 N–H and O–H groups in total. The topological polar surface area (TPSA) is 90.4 Å². The fourth-order valence-corrected chi connectivity index (χ4v) is 3.97. The number of hydrogen-bond acceptors (Lipinski definition) is 6. The number of likely N-dealkylation sites (tertiary alicyclic amines) is 1. The van der Waals surface area contributed by atoms with Gasteiger partial charge in [0.1, 0.15) is 24.3 Å². The van der Waals surface area contributed by atoms with E-state index >= 15 is 0 Å². The number of phenolic OH excluding ortho intramolecular Hbond substituents is 1. The van der Waals surface area contributed by atoms with Gasteiger partial charge in [-0.1, -0.05) is 6.92 Å². The van der Waals surface area contributed by atoms with Crippen molar-refractivity contribution < 1.29 is 28.7 Å². The molecule has 0 radical (unpaired) electrons. The summed E-state index contributed by atoms with van der Waals surface area (Å²) in [6.07, 6.45) is 3.57. The normalized spacial score (nSPS) is 18.6. The summed E-state index contributed by atoms with van der Waals surface area (Å²) >= 11 is 0. The minimum absolute atomic E-state index is 0.0362. The summed E-state index contributed by atoms with van der Waals surface area (Å²) in [5, 5.41) is 10.8. The van der Waals surface area contributed by atoms with E-state index in [9.17, 15) is 14.7 Å². The van der Waals surface area contributed by atoms with Crippen LogP contribution in [-0.4, -0.2) is 31.3 Å². The third kappa shape index (κ3) is 4.41. The molecule has 0 amide bonds. The number of quaternary nitrogens is 1. The van der Waals surface area contributed by atoms with Gasteiger partial charge in [-0.2, -0.15) is 0 Å². The lowest BCUT2D eigenvalue weighted by atomic mass is 9.98. The standard InChI is InChI=1S/C24H25NO6/c1-15-9-11-25(12-10-15)13-19-20(26)8-7-18-22(27)21(14-30-23(18)19)31-17-5-3-16(4-6-17)24(28)29-2/h3-8,14-15,26H,9-13H2,1-2H3/p+1. The van der Waals surface area contributed by atoms with Gasteiger partial charge >= 0.3 is 5.97 Å². The van der Waals surface area contributed by atoms with Crippen molar-refractivity contribution in [3.63, 3.8) is 0 Å². The van der Waals surface area contributed by atoms with Crippen LogP contribution in [0.25, 0.3) is 11.0 Å². The minimum Gasteiger partial charge on any atom is -0.507 e. The summed E-state index contributed by atoms with van der Waals surface area (Å²) in [6, 6.07) is 9.37. The first-order valence-electron chi connectivity index (χ1n) is 10.4. The molecule has 1 aliphatic rings. The molecule has 1 fully saturated rings. The number of carbonyl (C=O) groups is 1. The van der Waals surface area contributed by atoms with Gasteiger partial charge in [-0.15, -0.1) is 0 Å². The number of benzene rings is 2. The number of rotatable bonds is 5. The van der Waals surface area contributed by atoms with E-state index in [-0.39, 0.29) is 16.9 Å². The van der Waals surface area contributed by atoms with E-state index in [1.54, 1.807) is 30.3 Å². The molecule has 0 bridgehead atoms. The maximum atomic E-state index is 13.0. The van der Waals surface area contributed by atoms with Crippen molar-refractivity contribution in [3.8, 4) is 17.2 Å². The Labute approximate surface area is 179 Å². The number of esters is 1. The summed E-state index contributed by atoms with van der Waals surface area (Å²) in [5.41, 5.74) is 1.11. The number of hydrogen-bond donors (Lipinski definition) is 2. The highest BCUT2D eigenvalue weighted by Crippen LogP contribution is 2.28. The average molecular weight is 424 g/mol. The van der Waals surface area contributed by atoms with Crippen LogP contribution < -0.4 is 15.1 Å². The Balaban J connectivity index is 1.61. The van der Waals surface area contributed by atoms with Gasteiger partial charge in [0.05, 0.1) is 36.7 Å². The molecule has 3 aromatic rings. The maximum Gasteiger partial charge on any atom is 0.337 e. The van der Waals surface area contributed by atoms with E-state index in [4.69, 9.17) is 9.15 Å². The molecular weight excluding hydrogens is 398 g/mol. The Kier molecular flexibility index (Phi) is 5.95. The fourth-order valence-electron chi connectivity index (χ4n) is 3.97. The smallest absolute Gasteiger partial charge is 0.337 e. The first-order valence-corrected chi connectivity index (χ1v) is 10.4. The first kappa shape index (κ1) is 20.9. The molecule has 7 nitrogen and oxygen atoms in total. The number of phenols is 1. The van der Waals surface area contributed by atoms with Crippen LogP contribution in [0.15, 0.2) is 51.9 Å². The average Bonchev–Trinajstić information content (AvgIpc) is 2.79. The molecule has 7 heteroatoms. The molecule has 0 unspecified atom stereocenters. The summed E-state index contributed by atoms with van der Waals surface area (Å²) in [4.78, 5) is 25.9. The second-order valence-corrected chi connectivity index (χ2v) is 8.10. The Hall–Kier alpha value is -3.32. The van der Waals surface area contributed by atoms with E-state index in [1.807, 2.05) is 0 Å². The van der Waals surface area contributed by atoms with Gasteiger partial charge in [-0.25, -0.2) is 4.79 Å². The zero-order valence-electron chi connectivity index (χ0n) is 17.6. The molecule has 0 spiro atoms. The van der Waals surface area contributed by atoms with Crippen molar-refractivity contribution in [1.82, 2.24) is 0 Å². The zero-order chi connectivity index (χ0) is 22.0. The van der Waals surface area contributed by atoms with Crippen molar-refractivity contribution in [2.45, 2.75) is 26.3 Å². The van der Waals surface area contributed by atoms with Gasteiger partial charge in [0.25, 0.3) is 0 Å². The van der Waals surface area contributed by atoms with E-state index in [1.165, 1.54) is 24.3 Å². The van der Waals surface area contributed by atoms with Crippen LogP contribution in [0.1, 0.15) is 35.7 Å². The highest BCUT2D eigenvalue weighted by atomic mass is 16.5. The predicted molar refractivity (Wildman–Crippen MR) is 115 cm³/mol. The summed E-state index contributed by atoms with van der Waals surface area (Å²) < 4.78 is 16.1. The Morgan fingerprint density at radius 3 is 2.55 bits per heavy atom. The number of carbonyl (C=O) groups excluding carboxylic acids is 1. The largest absolute Gasteiger partial charge is 0.507 e. The van der Waals surface area contributed by atoms with Crippen molar-refractivity contribution in [2.24, 2.45) is 5.92 Å². The Morgan fingerprint density at radius 2 is 1.87 bits per heavy atom. The van der Waals surface area contributed by atoms with Gasteiger partial charge in [0.2, 0.25) is 11.2 Å². The lowest BCUT2D eigenvalue weighted by Gasteiger charge is -2.27. The third-order valence-electron chi connectivity index (χ3n) is 5.90. The van der Waals surface area contributed by atoms with Crippen LogP contribution in [-0.2, 0) is 11.3 Å². The van der Waals surface area contributed by atoms with Gasteiger partial charge in [0.15, 0.2) is 5.58 Å². The molecule has 1 saturated heterocycles. The van der Waals surface area contributed by atoms with Crippen LogP contribution in [0.5, 0.6) is 17.2 Å². The second-order valence-electron chi connectivity index (χ2n) is 8.10. The number of piperidine rings is 1. The Morgan fingerprint density at radius 1 is 1.16 bits per heavy atom. The summed E-state index contributed by atoms with van der Waals surface area (Å²) in [6.45, 7) is 4.93. The Bertz CT molecular complexity index is 1140. The van der Waals surface area contributed by atoms with Crippen molar-refractivity contribution in [2.75, 3.05) is 20.2 Å². The van der Waals surface area contributed by atoms with E-state index in [0.717, 1.165) is 31.8 Å². The van der Waals surface area contributed by atoms with Crippen LogP contribution in [0.2, 0.25) is 0 Å². The van der Waals surface area contributed by atoms with E-state index < -0.39 is 5.97 Å². The highest BCUT2D eigenvalue weighted by Gasteiger charge is 2.23. The second kappa shape index (κ2) is 8.81. The van der Waals surface area contributed by atoms with Gasteiger partial charge in [-0.05, 0) is 55.2 Å². The third-order valence-corrected chi connectivity index (χ3v) is 5.90. The molecular formula is C24H26NO6+. The molecule has 31 heavy (non-hydrogen) atoms. The number of nitrogens with one attached hydrogen (secondary N) is 1. The fraction of sp³-hybridized carbons (Fsp3) is 0.333. The summed E-state index contributed by atoms with van der Waals surface area (Å²) in [5.74, 6) is 0.840. The molecule has 2 aromatic carbocycles. The molecule has 1 aliphatic heterocycles. The molecule has 2 heterocycles. The van der Waals surface area contributed by atoms with E-state index in [2.05, 4.69) is 11.7 Å². The van der Waals surface area contributed by atoms with Crippen molar-refractivity contribution in [1.29, 1.82) is 0 Å². The number of methoxy groups -OCH3 is 1. The highest BCUT2D eigenvalue weighted by molar-refractivity contribution is 5.89. The monoisotopic (exact) mass is 424 g/mol. The molecule has 4 rings (SSSR count). The molecule has 0 saturated carbocycles. The van der Waals surface area contributed by atoms with Crippen molar-refractivity contribution >= 4 is 16.9 Å². The quantitative estimate of drug-likeness (QED) is 0.612. The summed E-state index contributed by atoms with van der Waals surface area (Å²) in [7, 11) is 1.31. The van der Waals surface area contributed by atoms with Crippen LogP contribution in [0.4, 0.5) is 0 Å². The maximum absolute atomic E-state index is 13.0. The molecule has 0 atom stereocenters. The number of aromatic hydroxyl groups is 1. The zero-order valence-corrected chi connectivity index (χ0v) is 17.6. The number of fused-ring (bicyclic) bond motifs is 1. The van der Waals surface area contributed by atoms with Gasteiger partial charge in [0, 0.05) is 0 Å². The van der Waals surface area contributed by atoms with Gasteiger partial charge < -0.3 is 23.9 Å². The number of ether oxygens (including phenoxy) is 2. The minimum atomic E-state index is -0.450. The van der Waals surface area contributed by atoms with Crippen LogP contribution in [0, 0.1) is 5.92 Å². The van der Waals surface area contributed by atoms with Crippen molar-refractivity contribution in [3.05, 3.63) is 64.0 Å². The molecule has 0 aliphatic carbocycles. The van der Waals surface area contributed by atoms with Crippen LogP contribution in [0.3, 0.4) is 0 Å². The predicted octanol–water partition coefficient (Wildman–Crippen LogP) is 2.89. The first-order chi connectivity index (χ1) is 15.0. The molecule has 162 valence electrons. The van der Waals surface area contributed by atoms with Gasteiger partial charge in [-0.3, -0.25) is 4.79 Å². The van der Waals surface area contributed by atoms with Crippen LogP contribution >= 0.6 is 0 Å².